The predicted molar refractivity (Wildman–Crippen MR) is 203 cm³/mol. The predicted octanol–water partition coefficient (Wildman–Crippen LogP) is 6.95. The summed E-state index contributed by atoms with van der Waals surface area (Å²) < 4.78 is 6.37. The number of aromatic nitrogens is 1. The van der Waals surface area contributed by atoms with Gasteiger partial charge >= 0.3 is 0 Å². The summed E-state index contributed by atoms with van der Waals surface area (Å²) in [7, 11) is 2.09. The molecule has 0 N–H and O–H groups in total. The first kappa shape index (κ1) is 37.1. The quantitative estimate of drug-likeness (QED) is 0.234. The lowest BCUT2D eigenvalue weighted by Gasteiger charge is -2.53. The molecule has 51 heavy (non-hydrogen) atoms. The van der Waals surface area contributed by atoms with Crippen molar-refractivity contribution >= 4 is 41.4 Å². The van der Waals surface area contributed by atoms with Crippen molar-refractivity contribution < 1.29 is 14.3 Å². The number of piperazine rings is 1. The van der Waals surface area contributed by atoms with E-state index in [0.717, 1.165) is 41.9 Å². The van der Waals surface area contributed by atoms with Crippen LogP contribution in [0.3, 0.4) is 0 Å². The molecule has 2 fully saturated rings. The number of likely N-dealkylation sites (N-methyl/N-ethyl adjacent to an activating group) is 1. The number of carbonyl (C=O) groups excluding carboxylic acids is 2. The van der Waals surface area contributed by atoms with E-state index < -0.39 is 17.2 Å². The van der Waals surface area contributed by atoms with Crippen molar-refractivity contribution in [1.29, 1.82) is 0 Å². The Morgan fingerprint density at radius 1 is 0.961 bits per heavy atom. The highest BCUT2D eigenvalue weighted by Crippen LogP contribution is 2.55. The summed E-state index contributed by atoms with van der Waals surface area (Å²) in [6.45, 7) is 16.6. The number of benzene rings is 2. The van der Waals surface area contributed by atoms with Crippen LogP contribution in [0.15, 0.2) is 65.8 Å². The fraction of sp³-hybridized carbons (Fsp3) is 0.500. The van der Waals surface area contributed by atoms with Gasteiger partial charge in [-0.1, -0.05) is 68.2 Å². The van der Waals surface area contributed by atoms with Gasteiger partial charge in [0.25, 0.3) is 0 Å². The van der Waals surface area contributed by atoms with Crippen molar-refractivity contribution in [3.05, 3.63) is 93.2 Å². The molecular formula is C40H50Cl2N6O3. The summed E-state index contributed by atoms with van der Waals surface area (Å²) in [5, 5.41) is 1.24. The molecule has 3 aliphatic heterocycles. The van der Waals surface area contributed by atoms with E-state index in [2.05, 4.69) is 51.5 Å². The van der Waals surface area contributed by atoms with Crippen LogP contribution in [0.1, 0.15) is 76.8 Å². The average molecular weight is 734 g/mol. The fourth-order valence-electron chi connectivity index (χ4n) is 7.90. The largest absolute Gasteiger partial charge is 0.493 e. The summed E-state index contributed by atoms with van der Waals surface area (Å²) in [6.07, 6.45) is 3.31. The summed E-state index contributed by atoms with van der Waals surface area (Å²) in [5.74, 6) is 1.20. The van der Waals surface area contributed by atoms with E-state index in [4.69, 9.17) is 37.9 Å². The zero-order chi connectivity index (χ0) is 36.7. The number of amidine groups is 1. The Kier molecular flexibility index (Phi) is 10.5. The second-order valence-corrected chi connectivity index (χ2v) is 16.3. The lowest BCUT2D eigenvalue weighted by Crippen LogP contribution is -2.63. The maximum absolute atomic E-state index is 14.2. The molecule has 0 spiro atoms. The van der Waals surface area contributed by atoms with E-state index in [1.54, 1.807) is 0 Å². The molecule has 6 rings (SSSR count). The molecule has 11 heteroatoms. The molecule has 2 saturated heterocycles. The molecule has 2 aromatic carbocycles. The van der Waals surface area contributed by atoms with Gasteiger partial charge in [-0.2, -0.15) is 0 Å². The molecule has 9 nitrogen and oxygen atoms in total. The number of halogens is 2. The van der Waals surface area contributed by atoms with E-state index in [9.17, 15) is 9.59 Å². The first-order chi connectivity index (χ1) is 24.2. The van der Waals surface area contributed by atoms with Gasteiger partial charge in [-0.25, -0.2) is 0 Å². The Morgan fingerprint density at radius 2 is 1.57 bits per heavy atom. The molecule has 2 unspecified atom stereocenters. The number of rotatable bonds is 8. The minimum absolute atomic E-state index is 0.149. The molecule has 0 saturated carbocycles. The van der Waals surface area contributed by atoms with Gasteiger partial charge in [-0.3, -0.25) is 19.6 Å². The van der Waals surface area contributed by atoms with E-state index in [-0.39, 0.29) is 17.2 Å². The van der Waals surface area contributed by atoms with Crippen LogP contribution in [-0.4, -0.2) is 95.3 Å². The van der Waals surface area contributed by atoms with Crippen molar-refractivity contribution in [2.24, 2.45) is 10.9 Å². The molecule has 4 atom stereocenters. The van der Waals surface area contributed by atoms with Gasteiger partial charge in [0, 0.05) is 72.1 Å². The van der Waals surface area contributed by atoms with Gasteiger partial charge in [-0.15, -0.1) is 0 Å². The van der Waals surface area contributed by atoms with Crippen LogP contribution in [0.2, 0.25) is 10.0 Å². The number of amides is 2. The second-order valence-electron chi connectivity index (χ2n) is 15.4. The lowest BCUT2D eigenvalue weighted by molar-refractivity contribution is -0.144. The number of ether oxygens (including phenoxy) is 1. The summed E-state index contributed by atoms with van der Waals surface area (Å²) in [6, 6.07) is 17.7. The maximum Gasteiger partial charge on any atom is 0.225 e. The van der Waals surface area contributed by atoms with Crippen LogP contribution in [0, 0.1) is 5.92 Å². The van der Waals surface area contributed by atoms with E-state index in [0.29, 0.717) is 60.7 Å². The Labute approximate surface area is 312 Å². The fourth-order valence-corrected chi connectivity index (χ4v) is 8.15. The highest BCUT2D eigenvalue weighted by molar-refractivity contribution is 6.30. The van der Waals surface area contributed by atoms with Crippen LogP contribution in [0.25, 0.3) is 0 Å². The lowest BCUT2D eigenvalue weighted by atomic mass is 9.70. The number of carbonyl (C=O) groups is 2. The van der Waals surface area contributed by atoms with Gasteiger partial charge in [0.15, 0.2) is 0 Å². The van der Waals surface area contributed by atoms with E-state index in [1.165, 1.54) is 0 Å². The number of piperidine rings is 1. The number of likely N-dealkylation sites (tertiary alicyclic amines) is 1. The van der Waals surface area contributed by atoms with Crippen molar-refractivity contribution in [3.63, 3.8) is 0 Å². The highest BCUT2D eigenvalue weighted by Gasteiger charge is 2.60. The third-order valence-corrected chi connectivity index (χ3v) is 11.7. The number of hydrogen-bond acceptors (Lipinski definition) is 7. The Balaban J connectivity index is 1.58. The molecule has 0 bridgehead atoms. The number of nitrogens with zero attached hydrogens (tertiary/aromatic N) is 6. The third-order valence-electron chi connectivity index (χ3n) is 11.2. The molecule has 3 aromatic rings. The molecule has 2 amide bonds. The van der Waals surface area contributed by atoms with Gasteiger partial charge in [0.2, 0.25) is 12.3 Å². The highest BCUT2D eigenvalue weighted by atomic mass is 35.5. The minimum Gasteiger partial charge on any atom is -0.493 e. The molecular weight excluding hydrogens is 683 g/mol. The monoisotopic (exact) mass is 732 g/mol. The minimum atomic E-state index is -0.907. The van der Waals surface area contributed by atoms with Crippen LogP contribution < -0.4 is 4.74 Å². The summed E-state index contributed by atoms with van der Waals surface area (Å²) in [5.41, 5.74) is 1.50. The van der Waals surface area contributed by atoms with Crippen molar-refractivity contribution in [2.45, 2.75) is 77.0 Å². The van der Waals surface area contributed by atoms with Crippen molar-refractivity contribution in [2.75, 3.05) is 46.4 Å². The number of hydrogen-bond donors (Lipinski definition) is 0. The molecule has 0 radical (unpaired) electrons. The van der Waals surface area contributed by atoms with Gasteiger partial charge in [0.1, 0.15) is 23.3 Å². The summed E-state index contributed by atoms with van der Waals surface area (Å²) >= 11 is 12.9. The van der Waals surface area contributed by atoms with E-state index in [1.807, 2.05) is 77.5 Å². The standard InChI is InChI=1S/C40H50Cl2N6O3/c1-8-51-33-24-34(38(2,3)4)43-25-32(33)36-44-39(5,28-9-13-30(41)14-10-28)40(6,29-11-15-31(42)16-12-29)48(36)35-23-27(17-18-47(35)26-49)37(50)46-21-19-45(7)20-22-46/h9-16,24-27,35H,8,17-23H2,1-7H3/t27-,35?,39?,40+/m0/s1. The number of aliphatic imine (C=N–C) groups is 1. The van der Waals surface area contributed by atoms with E-state index >= 15 is 0 Å². The topological polar surface area (TPSA) is 81.6 Å². The SMILES string of the molecule is CCOc1cc(C(C)(C)C)ncc1C1=NC(C)(c2ccc(Cl)cc2)[C@@](C)(c2ccc(Cl)cc2)N1C1C[C@@H](C(=O)N2CCN(C)CC2)CCN1C=O. The molecule has 272 valence electrons. The van der Waals surface area contributed by atoms with Crippen molar-refractivity contribution in [1.82, 2.24) is 24.6 Å². The Morgan fingerprint density at radius 3 is 2.14 bits per heavy atom. The molecule has 4 heterocycles. The Hall–Kier alpha value is -3.66. The Bertz CT molecular complexity index is 1770. The van der Waals surface area contributed by atoms with Gasteiger partial charge in [0.05, 0.1) is 17.7 Å². The molecule has 0 aliphatic carbocycles. The smallest absolute Gasteiger partial charge is 0.225 e. The zero-order valence-electron chi connectivity index (χ0n) is 30.8. The third kappa shape index (κ3) is 6.85. The van der Waals surface area contributed by atoms with Gasteiger partial charge in [-0.05, 0) is 76.1 Å². The summed E-state index contributed by atoms with van der Waals surface area (Å²) in [4.78, 5) is 46.2. The van der Waals surface area contributed by atoms with Crippen molar-refractivity contribution in [3.8, 4) is 5.75 Å². The van der Waals surface area contributed by atoms with Gasteiger partial charge < -0.3 is 24.3 Å². The molecule has 3 aliphatic rings. The molecule has 1 aromatic heterocycles. The maximum atomic E-state index is 14.2. The zero-order valence-corrected chi connectivity index (χ0v) is 32.3. The van der Waals surface area contributed by atoms with Crippen LogP contribution >= 0.6 is 23.2 Å². The normalized spacial score (nSPS) is 25.9. The average Bonchev–Trinajstić information content (AvgIpc) is 3.35. The first-order valence-corrected chi connectivity index (χ1v) is 18.7. The second kappa shape index (κ2) is 14.4. The first-order valence-electron chi connectivity index (χ1n) is 17.9. The van der Waals surface area contributed by atoms with Crippen LogP contribution in [0.4, 0.5) is 0 Å². The van der Waals surface area contributed by atoms with Crippen LogP contribution in [0.5, 0.6) is 5.75 Å². The number of pyridine rings is 1. The van der Waals surface area contributed by atoms with Crippen LogP contribution in [-0.2, 0) is 26.1 Å².